The predicted molar refractivity (Wildman–Crippen MR) is 108 cm³/mol. The van der Waals surface area contributed by atoms with Gasteiger partial charge in [-0.25, -0.2) is 0 Å². The van der Waals surface area contributed by atoms with E-state index in [-0.39, 0.29) is 28.5 Å². The van der Waals surface area contributed by atoms with Crippen molar-refractivity contribution in [2.45, 2.75) is 19.0 Å². The summed E-state index contributed by atoms with van der Waals surface area (Å²) in [5.41, 5.74) is -1.29. The lowest BCUT2D eigenvalue weighted by molar-refractivity contribution is -0.384. The number of H-pyrrole nitrogens is 2. The lowest BCUT2D eigenvalue weighted by Gasteiger charge is -2.16. The highest BCUT2D eigenvalue weighted by Gasteiger charge is 2.23. The number of carboxylic acid groups (broad SMARTS) is 1. The van der Waals surface area contributed by atoms with Crippen molar-refractivity contribution in [2.75, 3.05) is 0 Å². The Morgan fingerprint density at radius 1 is 1.17 bits per heavy atom. The highest BCUT2D eigenvalue weighted by molar-refractivity contribution is 9.10. The monoisotopic (exact) mass is 462 g/mol. The van der Waals surface area contributed by atoms with Crippen molar-refractivity contribution in [2.24, 2.45) is 0 Å². The third-order valence-electron chi connectivity index (χ3n) is 4.32. The number of aromatic nitrogens is 2. The Balaban J connectivity index is 1.99. The first-order valence-corrected chi connectivity index (χ1v) is 9.19. The van der Waals surface area contributed by atoms with E-state index in [0.29, 0.717) is 5.56 Å². The van der Waals surface area contributed by atoms with Gasteiger partial charge in [-0.3, -0.25) is 29.8 Å². The largest absolute Gasteiger partial charge is 0.480 e. The zero-order chi connectivity index (χ0) is 21.1. The predicted octanol–water partition coefficient (Wildman–Crippen LogP) is 1.67. The van der Waals surface area contributed by atoms with Crippen LogP contribution in [0.3, 0.4) is 0 Å². The molecule has 2 aromatic carbocycles. The lowest BCUT2D eigenvalue weighted by atomic mass is 10.1. The lowest BCUT2D eigenvalue weighted by Crippen LogP contribution is -2.38. The molecule has 3 aromatic rings. The molecule has 0 bridgehead atoms. The van der Waals surface area contributed by atoms with Gasteiger partial charge in [0.25, 0.3) is 0 Å². The quantitative estimate of drug-likeness (QED) is 0.236. The molecule has 0 radical (unpaired) electrons. The van der Waals surface area contributed by atoms with E-state index in [1.165, 1.54) is 6.07 Å². The number of nitrogens with one attached hydrogen (secondary N) is 3. The van der Waals surface area contributed by atoms with Crippen LogP contribution in [0.5, 0.6) is 0 Å². The molecule has 0 unspecified atom stereocenters. The van der Waals surface area contributed by atoms with Crippen molar-refractivity contribution >= 4 is 38.6 Å². The van der Waals surface area contributed by atoms with Crippen LogP contribution in [0.15, 0.2) is 50.5 Å². The van der Waals surface area contributed by atoms with Crippen molar-refractivity contribution in [1.29, 1.82) is 0 Å². The highest BCUT2D eigenvalue weighted by atomic mass is 79.9. The number of aliphatic carboxylic acids is 1. The van der Waals surface area contributed by atoms with Crippen molar-refractivity contribution < 1.29 is 14.8 Å². The number of fused-ring (bicyclic) bond motifs is 1. The van der Waals surface area contributed by atoms with E-state index in [9.17, 15) is 29.6 Å². The molecule has 3 rings (SSSR count). The molecular weight excluding hydrogens is 448 g/mol. The summed E-state index contributed by atoms with van der Waals surface area (Å²) in [4.78, 5) is 50.3. The van der Waals surface area contributed by atoms with Gasteiger partial charge in [0.1, 0.15) is 11.6 Å². The summed E-state index contributed by atoms with van der Waals surface area (Å²) in [6.07, 6.45) is 0.218. The number of nitro benzene ring substituents is 1. The first kappa shape index (κ1) is 20.4. The Labute approximate surface area is 170 Å². The van der Waals surface area contributed by atoms with Crippen molar-refractivity contribution in [3.05, 3.63) is 82.8 Å². The zero-order valence-corrected chi connectivity index (χ0v) is 16.4. The number of carbonyl (C=O) groups is 1. The summed E-state index contributed by atoms with van der Waals surface area (Å²) in [6.45, 7) is -0.0150. The summed E-state index contributed by atoms with van der Waals surface area (Å²) in [5.74, 6) is -1.07. The molecule has 4 N–H and O–H groups in total. The Hall–Kier alpha value is -3.31. The fraction of sp³-hybridized carbons (Fsp3) is 0.167. The van der Waals surface area contributed by atoms with Gasteiger partial charge in [0, 0.05) is 6.54 Å². The first-order valence-electron chi connectivity index (χ1n) is 8.40. The normalized spacial score (nSPS) is 12.0. The molecule has 0 aliphatic rings. The summed E-state index contributed by atoms with van der Waals surface area (Å²) in [6, 6.07) is 9.51. The molecule has 0 saturated heterocycles. The van der Waals surface area contributed by atoms with Crippen LogP contribution in [-0.2, 0) is 17.8 Å². The van der Waals surface area contributed by atoms with Crippen LogP contribution in [0.1, 0.15) is 11.1 Å². The van der Waals surface area contributed by atoms with Crippen molar-refractivity contribution in [3.63, 3.8) is 0 Å². The van der Waals surface area contributed by atoms with E-state index < -0.39 is 33.7 Å². The van der Waals surface area contributed by atoms with Gasteiger partial charge < -0.3 is 15.1 Å². The van der Waals surface area contributed by atoms with E-state index in [4.69, 9.17) is 0 Å². The average Bonchev–Trinajstić information content (AvgIpc) is 2.66. The fourth-order valence-corrected chi connectivity index (χ4v) is 3.56. The smallest absolute Gasteiger partial charge is 0.321 e. The van der Waals surface area contributed by atoms with E-state index >= 15 is 0 Å². The number of hydrogen-bond acceptors (Lipinski definition) is 6. The Morgan fingerprint density at radius 3 is 2.38 bits per heavy atom. The summed E-state index contributed by atoms with van der Waals surface area (Å²) >= 11 is 3.10. The van der Waals surface area contributed by atoms with Gasteiger partial charge in [0.2, 0.25) is 0 Å². The van der Waals surface area contributed by atoms with Gasteiger partial charge in [0.15, 0.2) is 0 Å². The standard InChI is InChI=1S/C18H15BrN4O6/c19-11-7-10(8-20-12(18(26)27)6-9-4-2-1-3-5-9)13-14(15(11)23(28)29)22-17(25)16(24)21-13/h1-5,7,12,20H,6,8H2,(H,21,24)(H,22,25)(H,26,27)/t12-/m0/s1. The fourth-order valence-electron chi connectivity index (χ4n) is 2.94. The van der Waals surface area contributed by atoms with Gasteiger partial charge in [-0.05, 0) is 39.5 Å². The van der Waals surface area contributed by atoms with Crippen LogP contribution in [0.2, 0.25) is 0 Å². The number of carboxylic acids is 1. The van der Waals surface area contributed by atoms with Crippen LogP contribution in [0.4, 0.5) is 5.69 Å². The molecule has 1 aromatic heterocycles. The SMILES string of the molecule is O=C(O)[C@H](Cc1ccccc1)NCc1cc(Br)c([N+](=O)[O-])c2[nH]c(=O)c(=O)[nH]c12. The van der Waals surface area contributed by atoms with Crippen LogP contribution in [0.25, 0.3) is 11.0 Å². The van der Waals surface area contributed by atoms with Gasteiger partial charge in [-0.2, -0.15) is 0 Å². The summed E-state index contributed by atoms with van der Waals surface area (Å²) in [7, 11) is 0. The van der Waals surface area contributed by atoms with E-state index in [2.05, 4.69) is 31.2 Å². The Morgan fingerprint density at radius 2 is 1.79 bits per heavy atom. The second-order valence-electron chi connectivity index (χ2n) is 6.24. The number of halogens is 1. The second kappa shape index (κ2) is 8.37. The number of aromatic amines is 2. The number of benzene rings is 2. The highest BCUT2D eigenvalue weighted by Crippen LogP contribution is 2.33. The number of nitrogens with zero attached hydrogens (tertiary/aromatic N) is 1. The molecule has 1 atom stereocenters. The van der Waals surface area contributed by atoms with Gasteiger partial charge in [0.05, 0.1) is 14.9 Å². The molecule has 0 fully saturated rings. The van der Waals surface area contributed by atoms with E-state index in [1.54, 1.807) is 24.3 Å². The molecule has 1 heterocycles. The summed E-state index contributed by atoms with van der Waals surface area (Å²) in [5, 5.41) is 23.8. The van der Waals surface area contributed by atoms with Crippen LogP contribution >= 0.6 is 15.9 Å². The molecular formula is C18H15BrN4O6. The van der Waals surface area contributed by atoms with Crippen molar-refractivity contribution in [1.82, 2.24) is 15.3 Å². The van der Waals surface area contributed by atoms with Crippen LogP contribution < -0.4 is 16.4 Å². The Kier molecular flexibility index (Phi) is 5.89. The zero-order valence-electron chi connectivity index (χ0n) is 14.8. The second-order valence-corrected chi connectivity index (χ2v) is 7.10. The van der Waals surface area contributed by atoms with Crippen molar-refractivity contribution in [3.8, 4) is 0 Å². The number of hydrogen-bond donors (Lipinski definition) is 4. The number of rotatable bonds is 7. The van der Waals surface area contributed by atoms with Crippen LogP contribution in [0, 0.1) is 10.1 Å². The third-order valence-corrected chi connectivity index (χ3v) is 4.93. The minimum atomic E-state index is -1.07. The van der Waals surface area contributed by atoms with E-state index in [0.717, 1.165) is 5.56 Å². The molecule has 0 spiro atoms. The Bertz CT molecular complexity index is 1200. The maximum Gasteiger partial charge on any atom is 0.321 e. The topological polar surface area (TPSA) is 158 Å². The van der Waals surface area contributed by atoms with Gasteiger partial charge >= 0.3 is 22.8 Å². The molecule has 0 aliphatic carbocycles. The molecule has 11 heteroatoms. The van der Waals surface area contributed by atoms with E-state index in [1.807, 2.05) is 6.07 Å². The van der Waals surface area contributed by atoms with Crippen LogP contribution in [-0.4, -0.2) is 32.0 Å². The number of nitro groups is 1. The minimum absolute atomic E-state index is 0.0150. The average molecular weight is 463 g/mol. The third kappa shape index (κ3) is 4.41. The molecule has 150 valence electrons. The molecule has 0 saturated carbocycles. The molecule has 29 heavy (non-hydrogen) atoms. The molecule has 0 aliphatic heterocycles. The molecule has 0 amide bonds. The maximum atomic E-state index is 11.7. The maximum absolute atomic E-state index is 11.7. The van der Waals surface area contributed by atoms with Gasteiger partial charge in [-0.1, -0.05) is 30.3 Å². The molecule has 10 nitrogen and oxygen atoms in total. The minimum Gasteiger partial charge on any atom is -0.480 e. The van der Waals surface area contributed by atoms with Gasteiger partial charge in [-0.15, -0.1) is 0 Å². The first-order chi connectivity index (χ1) is 13.8. The summed E-state index contributed by atoms with van der Waals surface area (Å²) < 4.78 is 0.0874.